The van der Waals surface area contributed by atoms with E-state index in [1.54, 1.807) is 6.20 Å². The summed E-state index contributed by atoms with van der Waals surface area (Å²) in [6.07, 6.45) is 2.36. The molecular weight excluding hydrogens is 214 g/mol. The third-order valence-electron chi connectivity index (χ3n) is 2.89. The van der Waals surface area contributed by atoms with Gasteiger partial charge in [0.05, 0.1) is 5.92 Å². The van der Waals surface area contributed by atoms with E-state index in [1.165, 1.54) is 0 Å². The summed E-state index contributed by atoms with van der Waals surface area (Å²) in [5.41, 5.74) is 6.61. The zero-order chi connectivity index (χ0) is 12.7. The van der Waals surface area contributed by atoms with Crippen LogP contribution in [0.15, 0.2) is 24.4 Å². The molecular formula is C13H21N3O. The molecule has 0 aliphatic carbocycles. The van der Waals surface area contributed by atoms with Crippen LogP contribution in [0.25, 0.3) is 0 Å². The van der Waals surface area contributed by atoms with Gasteiger partial charge in [0.1, 0.15) is 0 Å². The quantitative estimate of drug-likeness (QED) is 0.802. The Kier molecular flexibility index (Phi) is 5.63. The molecule has 0 spiro atoms. The van der Waals surface area contributed by atoms with Gasteiger partial charge in [0.15, 0.2) is 0 Å². The predicted molar refractivity (Wildman–Crippen MR) is 68.4 cm³/mol. The van der Waals surface area contributed by atoms with Crippen molar-refractivity contribution in [2.45, 2.75) is 20.3 Å². The second-order valence-electron chi connectivity index (χ2n) is 3.97. The summed E-state index contributed by atoms with van der Waals surface area (Å²) in [4.78, 5) is 18.2. The summed E-state index contributed by atoms with van der Waals surface area (Å²) in [7, 11) is 0. The van der Waals surface area contributed by atoms with Crippen LogP contribution >= 0.6 is 0 Å². The van der Waals surface area contributed by atoms with E-state index in [4.69, 9.17) is 5.73 Å². The van der Waals surface area contributed by atoms with Crippen molar-refractivity contribution in [1.29, 1.82) is 0 Å². The Bertz CT molecular complexity index is 336. The Morgan fingerprint density at radius 3 is 2.59 bits per heavy atom. The Balaban J connectivity index is 2.68. The van der Waals surface area contributed by atoms with Crippen LogP contribution in [0, 0.1) is 5.92 Å². The lowest BCUT2D eigenvalue weighted by Crippen LogP contribution is -2.40. The van der Waals surface area contributed by atoms with Crippen LogP contribution < -0.4 is 5.73 Å². The Hall–Kier alpha value is -1.42. The average Bonchev–Trinajstić information content (AvgIpc) is 2.38. The molecule has 2 N–H and O–H groups in total. The second-order valence-corrected chi connectivity index (χ2v) is 3.97. The molecule has 1 rings (SSSR count). The molecule has 0 radical (unpaired) electrons. The van der Waals surface area contributed by atoms with Gasteiger partial charge >= 0.3 is 0 Å². The molecule has 94 valence electrons. The van der Waals surface area contributed by atoms with Gasteiger partial charge in [0.25, 0.3) is 0 Å². The molecule has 0 fully saturated rings. The van der Waals surface area contributed by atoms with Crippen LogP contribution in [0.3, 0.4) is 0 Å². The number of carbonyl (C=O) groups excluding carboxylic acids is 1. The summed E-state index contributed by atoms with van der Waals surface area (Å²) in [5, 5.41) is 0. The lowest BCUT2D eigenvalue weighted by molar-refractivity contribution is -0.134. The van der Waals surface area contributed by atoms with Crippen molar-refractivity contribution >= 4 is 5.91 Å². The highest BCUT2D eigenvalue weighted by Crippen LogP contribution is 2.09. The van der Waals surface area contributed by atoms with Crippen molar-refractivity contribution in [3.05, 3.63) is 30.1 Å². The molecule has 0 aliphatic rings. The second kappa shape index (κ2) is 7.01. The molecule has 0 saturated carbocycles. The number of rotatable bonds is 6. The largest absolute Gasteiger partial charge is 0.343 e. The highest BCUT2D eigenvalue weighted by molar-refractivity contribution is 5.79. The van der Waals surface area contributed by atoms with Gasteiger partial charge in [0.2, 0.25) is 5.91 Å². The van der Waals surface area contributed by atoms with Gasteiger partial charge in [-0.1, -0.05) is 6.07 Å². The van der Waals surface area contributed by atoms with Crippen LogP contribution in [0.1, 0.15) is 19.5 Å². The third kappa shape index (κ3) is 3.82. The van der Waals surface area contributed by atoms with E-state index in [-0.39, 0.29) is 11.8 Å². The topological polar surface area (TPSA) is 59.2 Å². The van der Waals surface area contributed by atoms with E-state index in [9.17, 15) is 4.79 Å². The Morgan fingerprint density at radius 1 is 1.41 bits per heavy atom. The third-order valence-corrected chi connectivity index (χ3v) is 2.89. The number of nitrogens with zero attached hydrogens (tertiary/aromatic N) is 2. The Morgan fingerprint density at radius 2 is 2.12 bits per heavy atom. The number of carbonyl (C=O) groups is 1. The Labute approximate surface area is 103 Å². The summed E-state index contributed by atoms with van der Waals surface area (Å²) >= 11 is 0. The van der Waals surface area contributed by atoms with Gasteiger partial charge < -0.3 is 10.6 Å². The molecule has 1 heterocycles. The van der Waals surface area contributed by atoms with E-state index in [0.717, 1.165) is 18.8 Å². The number of hydrogen-bond acceptors (Lipinski definition) is 3. The normalized spacial score (nSPS) is 12.2. The first-order chi connectivity index (χ1) is 8.22. The number of hydrogen-bond donors (Lipinski definition) is 1. The van der Waals surface area contributed by atoms with Crippen molar-refractivity contribution < 1.29 is 4.79 Å². The van der Waals surface area contributed by atoms with E-state index >= 15 is 0 Å². The SMILES string of the molecule is CCN(CC)C(=O)C(CN)Cc1ccccn1. The summed E-state index contributed by atoms with van der Waals surface area (Å²) in [5.74, 6) is -0.0343. The number of amides is 1. The number of nitrogens with two attached hydrogens (primary N) is 1. The van der Waals surface area contributed by atoms with Crippen molar-refractivity contribution in [2.24, 2.45) is 11.7 Å². The van der Waals surface area contributed by atoms with Crippen LogP contribution in [-0.2, 0) is 11.2 Å². The van der Waals surface area contributed by atoms with Gasteiger partial charge in [-0.3, -0.25) is 9.78 Å². The van der Waals surface area contributed by atoms with E-state index < -0.39 is 0 Å². The van der Waals surface area contributed by atoms with Crippen LogP contribution in [0.4, 0.5) is 0 Å². The standard InChI is InChI=1S/C13H21N3O/c1-3-16(4-2)13(17)11(10-14)9-12-7-5-6-8-15-12/h5-8,11H,3-4,9-10,14H2,1-2H3. The minimum Gasteiger partial charge on any atom is -0.343 e. The molecule has 0 saturated heterocycles. The molecule has 4 heteroatoms. The fourth-order valence-corrected chi connectivity index (χ4v) is 1.84. The van der Waals surface area contributed by atoms with Gasteiger partial charge in [-0.05, 0) is 26.0 Å². The maximum Gasteiger partial charge on any atom is 0.227 e. The van der Waals surface area contributed by atoms with Gasteiger partial charge in [-0.2, -0.15) is 0 Å². The molecule has 1 atom stereocenters. The molecule has 1 unspecified atom stereocenters. The summed E-state index contributed by atoms with van der Waals surface area (Å²) in [6, 6.07) is 5.73. The van der Waals surface area contributed by atoms with E-state index in [2.05, 4.69) is 4.98 Å². The van der Waals surface area contributed by atoms with Gasteiger partial charge in [-0.15, -0.1) is 0 Å². The lowest BCUT2D eigenvalue weighted by atomic mass is 10.0. The zero-order valence-electron chi connectivity index (χ0n) is 10.6. The summed E-state index contributed by atoms with van der Waals surface area (Å²) in [6.45, 7) is 5.79. The van der Waals surface area contributed by atoms with Crippen LogP contribution in [-0.4, -0.2) is 35.4 Å². The number of pyridine rings is 1. The first kappa shape index (κ1) is 13.6. The lowest BCUT2D eigenvalue weighted by Gasteiger charge is -2.24. The monoisotopic (exact) mass is 235 g/mol. The molecule has 1 aromatic rings. The molecule has 0 aliphatic heterocycles. The van der Waals surface area contributed by atoms with Crippen molar-refractivity contribution in [3.8, 4) is 0 Å². The average molecular weight is 235 g/mol. The minimum absolute atomic E-state index is 0.128. The fraction of sp³-hybridized carbons (Fsp3) is 0.538. The maximum absolute atomic E-state index is 12.2. The highest BCUT2D eigenvalue weighted by Gasteiger charge is 2.21. The highest BCUT2D eigenvalue weighted by atomic mass is 16.2. The molecule has 4 nitrogen and oxygen atoms in total. The van der Waals surface area contributed by atoms with Crippen molar-refractivity contribution in [3.63, 3.8) is 0 Å². The summed E-state index contributed by atoms with van der Waals surface area (Å²) < 4.78 is 0. The van der Waals surface area contributed by atoms with Crippen LogP contribution in [0.2, 0.25) is 0 Å². The van der Waals surface area contributed by atoms with Gasteiger partial charge in [0, 0.05) is 37.9 Å². The molecule has 0 aromatic carbocycles. The molecule has 0 bridgehead atoms. The smallest absolute Gasteiger partial charge is 0.227 e. The van der Waals surface area contributed by atoms with Crippen LogP contribution in [0.5, 0.6) is 0 Å². The van der Waals surface area contributed by atoms with E-state index in [1.807, 2.05) is 36.9 Å². The fourth-order valence-electron chi connectivity index (χ4n) is 1.84. The molecule has 1 aromatic heterocycles. The first-order valence-electron chi connectivity index (χ1n) is 6.11. The molecule has 17 heavy (non-hydrogen) atoms. The first-order valence-corrected chi connectivity index (χ1v) is 6.11. The minimum atomic E-state index is -0.162. The zero-order valence-corrected chi connectivity index (χ0v) is 10.6. The maximum atomic E-state index is 12.2. The molecule has 1 amide bonds. The predicted octanol–water partition coefficient (Wildman–Crippen LogP) is 1.07. The number of aromatic nitrogens is 1. The van der Waals surface area contributed by atoms with E-state index in [0.29, 0.717) is 13.0 Å². The van der Waals surface area contributed by atoms with Crippen molar-refractivity contribution in [2.75, 3.05) is 19.6 Å². The van der Waals surface area contributed by atoms with Crippen molar-refractivity contribution in [1.82, 2.24) is 9.88 Å². The van der Waals surface area contributed by atoms with Gasteiger partial charge in [-0.25, -0.2) is 0 Å².